The maximum absolute atomic E-state index is 12.9. The summed E-state index contributed by atoms with van der Waals surface area (Å²) in [6.07, 6.45) is -3.40. The molecule has 2 rings (SSSR count). The Labute approximate surface area is 110 Å². The molecule has 0 saturated heterocycles. The molecule has 1 aromatic carbocycles. The van der Waals surface area contributed by atoms with E-state index in [4.69, 9.17) is 22.1 Å². The van der Waals surface area contributed by atoms with Crippen LogP contribution in [0.15, 0.2) is 22.9 Å². The second-order valence-corrected chi connectivity index (χ2v) is 4.07. The van der Waals surface area contributed by atoms with Crippen LogP contribution >= 0.6 is 11.6 Å². The zero-order valence-corrected chi connectivity index (χ0v) is 10.3. The molecule has 4 nitrogen and oxygen atoms in total. The molecule has 0 aliphatic rings. The molecular formula is C11H8ClF3N2O2. The average Bonchev–Trinajstić information content (AvgIpc) is 2.73. The van der Waals surface area contributed by atoms with Crippen LogP contribution in [0.1, 0.15) is 5.56 Å². The van der Waals surface area contributed by atoms with Gasteiger partial charge >= 0.3 is 6.18 Å². The lowest BCUT2D eigenvalue weighted by Crippen LogP contribution is -2.08. The molecule has 0 atom stereocenters. The second-order valence-electron chi connectivity index (χ2n) is 3.64. The third-order valence-electron chi connectivity index (χ3n) is 2.45. The number of hydrogen-bond acceptors (Lipinski definition) is 4. The molecule has 0 aliphatic heterocycles. The van der Waals surface area contributed by atoms with Crippen molar-refractivity contribution >= 4 is 17.5 Å². The molecule has 0 radical (unpaired) electrons. The van der Waals surface area contributed by atoms with Crippen LogP contribution in [0, 0.1) is 0 Å². The monoisotopic (exact) mass is 292 g/mol. The molecule has 2 N–H and O–H groups in total. The SMILES string of the molecule is COc1c(-c2cnoc2N)cc(Cl)cc1C(F)(F)F. The van der Waals surface area contributed by atoms with Crippen molar-refractivity contribution in [3.05, 3.63) is 28.9 Å². The Bertz CT molecular complexity index is 610. The Kier molecular flexibility index (Phi) is 3.32. The lowest BCUT2D eigenvalue weighted by atomic mass is 10.0. The maximum atomic E-state index is 12.9. The van der Waals surface area contributed by atoms with Crippen LogP contribution < -0.4 is 10.5 Å². The van der Waals surface area contributed by atoms with E-state index in [0.717, 1.165) is 13.2 Å². The van der Waals surface area contributed by atoms with E-state index in [1.807, 2.05) is 0 Å². The molecule has 1 heterocycles. The van der Waals surface area contributed by atoms with Crippen LogP contribution in [0.25, 0.3) is 11.1 Å². The van der Waals surface area contributed by atoms with Gasteiger partial charge in [-0.15, -0.1) is 0 Å². The molecule has 0 spiro atoms. The molecule has 102 valence electrons. The average molecular weight is 293 g/mol. The molecule has 0 amide bonds. The van der Waals surface area contributed by atoms with Crippen molar-refractivity contribution < 1.29 is 22.4 Å². The third-order valence-corrected chi connectivity index (χ3v) is 2.67. The molecule has 0 bridgehead atoms. The van der Waals surface area contributed by atoms with Gasteiger partial charge in [0.25, 0.3) is 0 Å². The van der Waals surface area contributed by atoms with Crippen LogP contribution in [0.5, 0.6) is 5.75 Å². The number of aromatic nitrogens is 1. The highest BCUT2D eigenvalue weighted by Crippen LogP contribution is 2.44. The fourth-order valence-corrected chi connectivity index (χ4v) is 1.89. The summed E-state index contributed by atoms with van der Waals surface area (Å²) < 4.78 is 48.3. The summed E-state index contributed by atoms with van der Waals surface area (Å²) >= 11 is 5.71. The standard InChI is InChI=1S/C11H8ClF3N2O2/c1-18-9-6(7-4-17-19-10(7)16)2-5(12)3-8(9)11(13,14)15/h2-4H,16H2,1H3. The number of alkyl halides is 3. The first kappa shape index (κ1) is 13.5. The molecule has 0 unspecified atom stereocenters. The third kappa shape index (κ3) is 2.46. The predicted octanol–water partition coefficient (Wildman–Crippen LogP) is 3.60. The summed E-state index contributed by atoms with van der Waals surface area (Å²) in [6, 6.07) is 2.09. The number of nitrogen functional groups attached to an aromatic ring is 1. The summed E-state index contributed by atoms with van der Waals surface area (Å²) in [5.74, 6) is -0.500. The Hall–Kier alpha value is -1.89. The van der Waals surface area contributed by atoms with Gasteiger partial charge in [0, 0.05) is 10.6 Å². The van der Waals surface area contributed by atoms with Gasteiger partial charge in [0.2, 0.25) is 5.88 Å². The van der Waals surface area contributed by atoms with Crippen LogP contribution in [0.2, 0.25) is 5.02 Å². The zero-order chi connectivity index (χ0) is 14.2. The van der Waals surface area contributed by atoms with E-state index in [1.54, 1.807) is 0 Å². The van der Waals surface area contributed by atoms with Crippen LogP contribution in [0.4, 0.5) is 19.1 Å². The largest absolute Gasteiger partial charge is 0.495 e. The molecule has 0 aliphatic carbocycles. The first-order valence-corrected chi connectivity index (χ1v) is 5.37. The summed E-state index contributed by atoms with van der Waals surface area (Å²) in [5, 5.41) is 3.32. The topological polar surface area (TPSA) is 61.3 Å². The van der Waals surface area contributed by atoms with Gasteiger partial charge in [-0.25, -0.2) is 0 Å². The summed E-state index contributed by atoms with van der Waals surface area (Å²) in [4.78, 5) is 0. The normalized spacial score (nSPS) is 11.6. The van der Waals surface area contributed by atoms with Crippen molar-refractivity contribution in [2.75, 3.05) is 12.8 Å². The quantitative estimate of drug-likeness (QED) is 0.918. The zero-order valence-electron chi connectivity index (χ0n) is 9.58. The number of hydrogen-bond donors (Lipinski definition) is 1. The highest BCUT2D eigenvalue weighted by molar-refractivity contribution is 6.31. The van der Waals surface area contributed by atoms with Crippen molar-refractivity contribution in [2.45, 2.75) is 6.18 Å². The highest BCUT2D eigenvalue weighted by Gasteiger charge is 2.36. The number of rotatable bonds is 2. The minimum absolute atomic E-state index is 0.0704. The molecule has 2 aromatic rings. The smallest absolute Gasteiger partial charge is 0.420 e. The van der Waals surface area contributed by atoms with Gasteiger partial charge in [-0.3, -0.25) is 0 Å². The lowest BCUT2D eigenvalue weighted by molar-refractivity contribution is -0.138. The lowest BCUT2D eigenvalue weighted by Gasteiger charge is -2.15. The number of nitrogens with two attached hydrogens (primary N) is 1. The number of methoxy groups -OCH3 is 1. The van der Waals surface area contributed by atoms with E-state index in [9.17, 15) is 13.2 Å². The van der Waals surface area contributed by atoms with Gasteiger partial charge in [-0.05, 0) is 12.1 Å². The minimum atomic E-state index is -4.60. The van der Waals surface area contributed by atoms with E-state index in [1.165, 1.54) is 12.3 Å². The maximum Gasteiger partial charge on any atom is 0.420 e. The van der Waals surface area contributed by atoms with E-state index in [0.29, 0.717) is 0 Å². The van der Waals surface area contributed by atoms with Gasteiger partial charge in [0.05, 0.1) is 24.4 Å². The Morgan fingerprint density at radius 1 is 1.32 bits per heavy atom. The predicted molar refractivity (Wildman–Crippen MR) is 62.9 cm³/mol. The van der Waals surface area contributed by atoms with Gasteiger partial charge in [-0.2, -0.15) is 13.2 Å². The first-order chi connectivity index (χ1) is 8.84. The van der Waals surface area contributed by atoms with Crippen LogP contribution in [-0.4, -0.2) is 12.3 Å². The molecule has 1 aromatic heterocycles. The summed E-state index contributed by atoms with van der Waals surface area (Å²) in [5.41, 5.74) is 4.76. The van der Waals surface area contributed by atoms with Gasteiger partial charge < -0.3 is 15.0 Å². The van der Waals surface area contributed by atoms with Gasteiger partial charge in [-0.1, -0.05) is 16.8 Å². The molecular weight excluding hydrogens is 285 g/mol. The number of nitrogens with zero attached hydrogens (tertiary/aromatic N) is 1. The number of halogens is 4. The minimum Gasteiger partial charge on any atom is -0.495 e. The highest BCUT2D eigenvalue weighted by atomic mass is 35.5. The molecule has 0 saturated carbocycles. The van der Waals surface area contributed by atoms with E-state index in [2.05, 4.69) is 9.68 Å². The second kappa shape index (κ2) is 4.65. The number of benzene rings is 1. The molecule has 0 fully saturated rings. The Morgan fingerprint density at radius 3 is 2.47 bits per heavy atom. The van der Waals surface area contributed by atoms with Crippen LogP contribution in [-0.2, 0) is 6.18 Å². The molecule has 8 heteroatoms. The first-order valence-electron chi connectivity index (χ1n) is 5.00. The van der Waals surface area contributed by atoms with Gasteiger partial charge in [0.1, 0.15) is 5.75 Å². The Balaban J connectivity index is 2.75. The fraction of sp³-hybridized carbons (Fsp3) is 0.182. The fourth-order valence-electron chi connectivity index (χ4n) is 1.68. The van der Waals surface area contributed by atoms with E-state index < -0.39 is 11.7 Å². The van der Waals surface area contributed by atoms with Crippen molar-refractivity contribution in [1.29, 1.82) is 0 Å². The Morgan fingerprint density at radius 2 is 2.00 bits per heavy atom. The summed E-state index contributed by atoms with van der Waals surface area (Å²) in [6.45, 7) is 0. The molecule has 19 heavy (non-hydrogen) atoms. The van der Waals surface area contributed by atoms with Crippen molar-refractivity contribution in [3.63, 3.8) is 0 Å². The number of ether oxygens (including phenoxy) is 1. The van der Waals surface area contributed by atoms with Crippen molar-refractivity contribution in [2.24, 2.45) is 0 Å². The van der Waals surface area contributed by atoms with Crippen LogP contribution in [0.3, 0.4) is 0 Å². The van der Waals surface area contributed by atoms with E-state index in [-0.39, 0.29) is 27.8 Å². The van der Waals surface area contributed by atoms with E-state index >= 15 is 0 Å². The van der Waals surface area contributed by atoms with Crippen molar-refractivity contribution in [3.8, 4) is 16.9 Å². The summed E-state index contributed by atoms with van der Waals surface area (Å²) in [7, 11) is 1.13. The van der Waals surface area contributed by atoms with Crippen molar-refractivity contribution in [1.82, 2.24) is 5.16 Å². The van der Waals surface area contributed by atoms with Gasteiger partial charge in [0.15, 0.2) is 0 Å². The number of anilines is 1.